The molecule has 0 spiro atoms. The van der Waals surface area contributed by atoms with Crippen molar-refractivity contribution in [3.63, 3.8) is 0 Å². The van der Waals surface area contributed by atoms with Gasteiger partial charge < -0.3 is 4.74 Å². The zero-order chi connectivity index (χ0) is 9.78. The molecule has 2 atom stereocenters. The van der Waals surface area contributed by atoms with Gasteiger partial charge in [-0.05, 0) is 12.3 Å². The monoisotopic (exact) mass is 184 g/mol. The predicted molar refractivity (Wildman–Crippen MR) is 40.9 cm³/mol. The molecular formula is C8H15F3O. The summed E-state index contributed by atoms with van der Waals surface area (Å²) in [6.07, 6.45) is -5.03. The summed E-state index contributed by atoms with van der Waals surface area (Å²) in [5, 5.41) is 0. The number of methoxy groups -OCH3 is 1. The molecule has 0 aliphatic heterocycles. The van der Waals surface area contributed by atoms with Crippen LogP contribution in [0, 0.1) is 5.92 Å². The number of alkyl halides is 3. The van der Waals surface area contributed by atoms with Gasteiger partial charge in [-0.3, -0.25) is 0 Å². The highest BCUT2D eigenvalue weighted by Crippen LogP contribution is 2.27. The molecule has 0 aromatic heterocycles. The first-order chi connectivity index (χ1) is 5.41. The van der Waals surface area contributed by atoms with E-state index >= 15 is 0 Å². The molecule has 0 saturated carbocycles. The molecule has 12 heavy (non-hydrogen) atoms. The molecule has 0 saturated heterocycles. The SMILES string of the molecule is CCC(C)C[C@H](OC)C(F)(F)F. The summed E-state index contributed by atoms with van der Waals surface area (Å²) in [5.74, 6) is 0.0524. The molecule has 0 amide bonds. The van der Waals surface area contributed by atoms with E-state index in [9.17, 15) is 13.2 Å². The van der Waals surface area contributed by atoms with Gasteiger partial charge in [-0.15, -0.1) is 0 Å². The average molecular weight is 184 g/mol. The molecular weight excluding hydrogens is 169 g/mol. The highest BCUT2D eigenvalue weighted by atomic mass is 19.4. The third-order valence-corrected chi connectivity index (χ3v) is 1.96. The Balaban J connectivity index is 4.00. The van der Waals surface area contributed by atoms with Crippen LogP contribution >= 0.6 is 0 Å². The van der Waals surface area contributed by atoms with Gasteiger partial charge in [0.1, 0.15) is 0 Å². The standard InChI is InChI=1S/C8H15F3O/c1-4-6(2)5-7(12-3)8(9,10)11/h6-7H,4-5H2,1-3H3/t6?,7-/m0/s1. The summed E-state index contributed by atoms with van der Waals surface area (Å²) in [6.45, 7) is 3.66. The van der Waals surface area contributed by atoms with Crippen LogP contribution in [0.15, 0.2) is 0 Å². The second kappa shape index (κ2) is 4.70. The zero-order valence-corrected chi connectivity index (χ0v) is 7.61. The molecule has 0 aliphatic rings. The Morgan fingerprint density at radius 1 is 1.33 bits per heavy atom. The van der Waals surface area contributed by atoms with Crippen LogP contribution in [0.2, 0.25) is 0 Å². The third kappa shape index (κ3) is 3.95. The minimum Gasteiger partial charge on any atom is -0.372 e. The zero-order valence-electron chi connectivity index (χ0n) is 7.61. The largest absolute Gasteiger partial charge is 0.414 e. The molecule has 1 nitrogen and oxygen atoms in total. The number of ether oxygens (including phenoxy) is 1. The van der Waals surface area contributed by atoms with Crippen LogP contribution in [0.4, 0.5) is 13.2 Å². The first kappa shape index (κ1) is 11.8. The van der Waals surface area contributed by atoms with Gasteiger partial charge in [-0.1, -0.05) is 20.3 Å². The van der Waals surface area contributed by atoms with E-state index in [4.69, 9.17) is 0 Å². The van der Waals surface area contributed by atoms with Gasteiger partial charge in [0, 0.05) is 7.11 Å². The number of rotatable bonds is 4. The summed E-state index contributed by atoms with van der Waals surface area (Å²) in [6, 6.07) is 0. The lowest BCUT2D eigenvalue weighted by molar-refractivity contribution is -0.217. The smallest absolute Gasteiger partial charge is 0.372 e. The maximum Gasteiger partial charge on any atom is 0.414 e. The van der Waals surface area contributed by atoms with Crippen molar-refractivity contribution in [2.45, 2.75) is 39.0 Å². The molecule has 0 heterocycles. The van der Waals surface area contributed by atoms with Gasteiger partial charge >= 0.3 is 6.18 Å². The van der Waals surface area contributed by atoms with Gasteiger partial charge in [-0.2, -0.15) is 13.2 Å². The van der Waals surface area contributed by atoms with Crippen molar-refractivity contribution in [3.8, 4) is 0 Å². The Morgan fingerprint density at radius 2 is 1.83 bits per heavy atom. The molecule has 0 radical (unpaired) electrons. The Morgan fingerprint density at radius 3 is 2.08 bits per heavy atom. The van der Waals surface area contributed by atoms with Gasteiger partial charge in [-0.25, -0.2) is 0 Å². The number of hydrogen-bond acceptors (Lipinski definition) is 1. The molecule has 0 fully saturated rings. The Kier molecular flexibility index (Phi) is 4.60. The van der Waals surface area contributed by atoms with Crippen molar-refractivity contribution in [2.24, 2.45) is 5.92 Å². The van der Waals surface area contributed by atoms with Crippen LogP contribution in [0.5, 0.6) is 0 Å². The molecule has 4 heteroatoms. The topological polar surface area (TPSA) is 9.23 Å². The van der Waals surface area contributed by atoms with E-state index < -0.39 is 12.3 Å². The summed E-state index contributed by atoms with van der Waals surface area (Å²) >= 11 is 0. The minimum atomic E-state index is -4.22. The average Bonchev–Trinajstić information content (AvgIpc) is 1.97. The molecule has 0 aromatic carbocycles. The van der Waals surface area contributed by atoms with Gasteiger partial charge in [0.15, 0.2) is 6.10 Å². The fourth-order valence-electron chi connectivity index (χ4n) is 0.896. The van der Waals surface area contributed by atoms with E-state index in [1.165, 1.54) is 0 Å². The number of halogens is 3. The van der Waals surface area contributed by atoms with Gasteiger partial charge in [0.05, 0.1) is 0 Å². The highest BCUT2D eigenvalue weighted by Gasteiger charge is 2.40. The second-order valence-electron chi connectivity index (χ2n) is 3.02. The lowest BCUT2D eigenvalue weighted by Crippen LogP contribution is -2.32. The molecule has 0 aliphatic carbocycles. The van der Waals surface area contributed by atoms with Gasteiger partial charge in [0.25, 0.3) is 0 Å². The summed E-state index contributed by atoms with van der Waals surface area (Å²) in [5.41, 5.74) is 0. The quantitative estimate of drug-likeness (QED) is 0.652. The number of hydrogen-bond donors (Lipinski definition) is 0. The lowest BCUT2D eigenvalue weighted by atomic mass is 10.0. The Hall–Kier alpha value is -0.250. The summed E-state index contributed by atoms with van der Waals surface area (Å²) in [7, 11) is 1.10. The van der Waals surface area contributed by atoms with Crippen LogP contribution in [0.1, 0.15) is 26.7 Å². The third-order valence-electron chi connectivity index (χ3n) is 1.96. The minimum absolute atomic E-state index is 0.0521. The highest BCUT2D eigenvalue weighted by molar-refractivity contribution is 4.69. The molecule has 74 valence electrons. The summed E-state index contributed by atoms with van der Waals surface area (Å²) < 4.78 is 40.6. The van der Waals surface area contributed by atoms with Crippen LogP contribution in [0.25, 0.3) is 0 Å². The van der Waals surface area contributed by atoms with Crippen LogP contribution in [0.3, 0.4) is 0 Å². The normalized spacial score (nSPS) is 17.5. The Bertz CT molecular complexity index is 122. The van der Waals surface area contributed by atoms with Gasteiger partial charge in [0.2, 0.25) is 0 Å². The Labute approximate surface area is 70.9 Å². The fraction of sp³-hybridized carbons (Fsp3) is 1.00. The van der Waals surface area contributed by atoms with E-state index in [-0.39, 0.29) is 12.3 Å². The second-order valence-corrected chi connectivity index (χ2v) is 3.02. The maximum absolute atomic E-state index is 12.1. The maximum atomic E-state index is 12.1. The summed E-state index contributed by atoms with van der Waals surface area (Å²) in [4.78, 5) is 0. The van der Waals surface area contributed by atoms with E-state index in [1.54, 1.807) is 6.92 Å². The van der Waals surface area contributed by atoms with Crippen LogP contribution in [-0.2, 0) is 4.74 Å². The fourth-order valence-corrected chi connectivity index (χ4v) is 0.896. The van der Waals surface area contributed by atoms with Crippen molar-refractivity contribution in [2.75, 3.05) is 7.11 Å². The van der Waals surface area contributed by atoms with Crippen molar-refractivity contribution < 1.29 is 17.9 Å². The van der Waals surface area contributed by atoms with E-state index in [0.29, 0.717) is 0 Å². The predicted octanol–water partition coefficient (Wildman–Crippen LogP) is 3.00. The first-order valence-corrected chi connectivity index (χ1v) is 4.01. The van der Waals surface area contributed by atoms with Crippen molar-refractivity contribution >= 4 is 0 Å². The van der Waals surface area contributed by atoms with Crippen LogP contribution in [-0.4, -0.2) is 19.4 Å². The molecule has 0 rings (SSSR count). The van der Waals surface area contributed by atoms with E-state index in [2.05, 4.69) is 4.74 Å². The first-order valence-electron chi connectivity index (χ1n) is 4.01. The van der Waals surface area contributed by atoms with E-state index in [1.807, 2.05) is 6.92 Å². The van der Waals surface area contributed by atoms with Crippen molar-refractivity contribution in [3.05, 3.63) is 0 Å². The molecule has 0 N–H and O–H groups in total. The van der Waals surface area contributed by atoms with Crippen molar-refractivity contribution in [1.82, 2.24) is 0 Å². The lowest BCUT2D eigenvalue weighted by Gasteiger charge is -2.21. The molecule has 0 bridgehead atoms. The van der Waals surface area contributed by atoms with Crippen molar-refractivity contribution in [1.29, 1.82) is 0 Å². The van der Waals surface area contributed by atoms with Crippen LogP contribution < -0.4 is 0 Å². The molecule has 1 unspecified atom stereocenters. The van der Waals surface area contributed by atoms with E-state index in [0.717, 1.165) is 13.5 Å². The molecule has 0 aromatic rings.